The number of halogens is 1. The van der Waals surface area contributed by atoms with Gasteiger partial charge < -0.3 is 10.2 Å². The smallest absolute Gasteiger partial charge is 0.248 e. The van der Waals surface area contributed by atoms with Crippen molar-refractivity contribution in [3.8, 4) is 23.1 Å². The molecule has 3 aliphatic rings. The molecule has 7 rings (SSSR count). The number of carbonyl (C=O) groups is 3. The number of nitrogens with zero attached hydrogens (tertiary/aromatic N) is 7. The van der Waals surface area contributed by atoms with Crippen LogP contribution in [0.3, 0.4) is 0 Å². The van der Waals surface area contributed by atoms with Gasteiger partial charge in [0.1, 0.15) is 40.6 Å². The second-order valence-electron chi connectivity index (χ2n) is 12.0. The lowest BCUT2D eigenvalue weighted by Crippen LogP contribution is -2.50. The van der Waals surface area contributed by atoms with Gasteiger partial charge in [0.25, 0.3) is 0 Å². The van der Waals surface area contributed by atoms with Gasteiger partial charge in [0.05, 0.1) is 22.3 Å². The van der Waals surface area contributed by atoms with E-state index >= 15 is 0 Å². The molecule has 4 aromatic heterocycles. The number of likely N-dealkylation sites (tertiary alicyclic amines) is 1. The molecule has 0 spiro atoms. The monoisotopic (exact) mass is 652 g/mol. The largest absolute Gasteiger partial charge is 0.314 e. The topological polar surface area (TPSA) is 136 Å². The van der Waals surface area contributed by atoms with Gasteiger partial charge >= 0.3 is 0 Å². The van der Waals surface area contributed by atoms with E-state index in [0.717, 1.165) is 29.7 Å². The van der Waals surface area contributed by atoms with Crippen molar-refractivity contribution in [1.29, 1.82) is 0 Å². The molecule has 2 amide bonds. The summed E-state index contributed by atoms with van der Waals surface area (Å²) >= 11 is 3.36. The van der Waals surface area contributed by atoms with E-state index in [1.807, 2.05) is 32.9 Å². The summed E-state index contributed by atoms with van der Waals surface area (Å²) < 4.78 is 2.18. The Kier molecular flexibility index (Phi) is 6.62. The summed E-state index contributed by atoms with van der Waals surface area (Å²) in [6.45, 7) is 6.96. The number of rotatable bonds is 7. The predicted molar refractivity (Wildman–Crippen MR) is 165 cm³/mol. The zero-order valence-electron chi connectivity index (χ0n) is 24.7. The number of fused-ring (bicyclic) bond motifs is 2. The van der Waals surface area contributed by atoms with Gasteiger partial charge in [-0.2, -0.15) is 5.10 Å². The van der Waals surface area contributed by atoms with Crippen LogP contribution in [0.25, 0.3) is 22.2 Å². The SMILES string of the molecule is CC(=O)c1nn(CC(=O)N2[C@H](C(=O)Nc3nc(Br)ccc3C)C[C@@]3(C)C#C[C@@H]23)c2c(C3CC3)nc(-c3cnc(C)nc3)cc12. The van der Waals surface area contributed by atoms with Gasteiger partial charge in [-0.3, -0.25) is 24.0 Å². The predicted octanol–water partition coefficient (Wildman–Crippen LogP) is 4.37. The molecule has 1 aliphatic heterocycles. The van der Waals surface area contributed by atoms with E-state index in [-0.39, 0.29) is 35.8 Å². The quantitative estimate of drug-likeness (QED) is 0.177. The van der Waals surface area contributed by atoms with Crippen molar-refractivity contribution < 1.29 is 14.4 Å². The second kappa shape index (κ2) is 10.3. The van der Waals surface area contributed by atoms with Crippen LogP contribution in [0.1, 0.15) is 66.6 Å². The zero-order valence-corrected chi connectivity index (χ0v) is 26.3. The summed E-state index contributed by atoms with van der Waals surface area (Å²) in [5, 5.41) is 8.21. The summed E-state index contributed by atoms with van der Waals surface area (Å²) in [6.07, 6.45) is 5.75. The number of anilines is 1. The molecule has 222 valence electrons. The molecule has 2 aliphatic carbocycles. The average molecular weight is 654 g/mol. The fraction of sp³-hybridized carbons (Fsp3) is 0.375. The Morgan fingerprint density at radius 3 is 2.55 bits per heavy atom. The van der Waals surface area contributed by atoms with Crippen molar-refractivity contribution in [2.24, 2.45) is 5.41 Å². The molecular weight excluding hydrogens is 624 g/mol. The first kappa shape index (κ1) is 28.3. The maximum atomic E-state index is 14.1. The maximum absolute atomic E-state index is 14.1. The van der Waals surface area contributed by atoms with Crippen LogP contribution < -0.4 is 5.32 Å². The molecule has 1 saturated heterocycles. The zero-order chi connectivity index (χ0) is 30.9. The number of hydrogen-bond acceptors (Lipinski definition) is 8. The van der Waals surface area contributed by atoms with Gasteiger partial charge in [-0.1, -0.05) is 17.9 Å². The lowest BCUT2D eigenvalue weighted by atomic mass is 9.76. The minimum atomic E-state index is -0.761. The highest BCUT2D eigenvalue weighted by Gasteiger charge is 2.56. The summed E-state index contributed by atoms with van der Waals surface area (Å²) in [6, 6.07) is 4.33. The lowest BCUT2D eigenvalue weighted by molar-refractivity contribution is -0.138. The molecule has 12 heteroatoms. The van der Waals surface area contributed by atoms with Crippen molar-refractivity contribution in [1.82, 2.24) is 34.6 Å². The van der Waals surface area contributed by atoms with Crippen LogP contribution in [0.5, 0.6) is 0 Å². The summed E-state index contributed by atoms with van der Waals surface area (Å²) in [4.78, 5) is 60.2. The van der Waals surface area contributed by atoms with Gasteiger partial charge in [0.2, 0.25) is 11.8 Å². The van der Waals surface area contributed by atoms with E-state index < -0.39 is 17.5 Å². The second-order valence-corrected chi connectivity index (χ2v) is 12.9. The number of aryl methyl sites for hydroxylation is 2. The molecule has 0 aromatic carbocycles. The first-order chi connectivity index (χ1) is 21.0. The molecule has 5 heterocycles. The fourth-order valence-corrected chi connectivity index (χ4v) is 6.41. The Labute approximate surface area is 262 Å². The van der Waals surface area contributed by atoms with E-state index in [1.165, 1.54) is 6.92 Å². The molecule has 0 unspecified atom stereocenters. The average Bonchev–Trinajstić information content (AvgIpc) is 3.73. The molecule has 3 atom stereocenters. The van der Waals surface area contributed by atoms with Gasteiger partial charge in [-0.25, -0.2) is 15.0 Å². The molecule has 0 bridgehead atoms. The lowest BCUT2D eigenvalue weighted by Gasteiger charge is -2.34. The first-order valence-corrected chi connectivity index (χ1v) is 15.3. The Morgan fingerprint density at radius 1 is 1.14 bits per heavy atom. The van der Waals surface area contributed by atoms with Crippen molar-refractivity contribution in [3.63, 3.8) is 0 Å². The van der Waals surface area contributed by atoms with E-state index in [9.17, 15) is 14.4 Å². The molecular formula is C32H29BrN8O3. The number of pyridine rings is 2. The van der Waals surface area contributed by atoms with E-state index in [1.54, 1.807) is 28.0 Å². The summed E-state index contributed by atoms with van der Waals surface area (Å²) in [5.74, 6) is 6.71. The molecule has 1 saturated carbocycles. The van der Waals surface area contributed by atoms with Gasteiger partial charge in [0.15, 0.2) is 5.78 Å². The normalized spacial score (nSPS) is 21.8. The van der Waals surface area contributed by atoms with Crippen molar-refractivity contribution in [2.75, 3.05) is 5.32 Å². The van der Waals surface area contributed by atoms with E-state index in [2.05, 4.69) is 53.1 Å². The molecule has 11 nitrogen and oxygen atoms in total. The number of amides is 2. The highest BCUT2D eigenvalue weighted by molar-refractivity contribution is 9.10. The number of nitrogens with one attached hydrogen (secondary N) is 1. The Hall–Kier alpha value is -4.50. The highest BCUT2D eigenvalue weighted by Crippen LogP contribution is 2.46. The number of hydrogen-bond donors (Lipinski definition) is 1. The van der Waals surface area contributed by atoms with Crippen LogP contribution >= 0.6 is 15.9 Å². The molecule has 4 aromatic rings. The van der Waals surface area contributed by atoms with Crippen LogP contribution in [0.15, 0.2) is 35.2 Å². The summed E-state index contributed by atoms with van der Waals surface area (Å²) in [5.41, 5.74) is 3.44. The van der Waals surface area contributed by atoms with Crippen LogP contribution in [0.2, 0.25) is 0 Å². The van der Waals surface area contributed by atoms with Crippen LogP contribution in [-0.2, 0) is 16.1 Å². The third kappa shape index (κ3) is 4.76. The van der Waals surface area contributed by atoms with E-state index in [4.69, 9.17) is 4.98 Å². The van der Waals surface area contributed by atoms with Crippen molar-refractivity contribution >= 4 is 50.2 Å². The Morgan fingerprint density at radius 2 is 1.89 bits per heavy atom. The van der Waals surface area contributed by atoms with Crippen molar-refractivity contribution in [2.45, 2.75) is 71.5 Å². The highest BCUT2D eigenvalue weighted by atomic mass is 79.9. The number of aromatic nitrogens is 6. The first-order valence-electron chi connectivity index (χ1n) is 14.5. The minimum absolute atomic E-state index is 0.162. The third-order valence-corrected chi connectivity index (χ3v) is 9.08. The molecule has 0 radical (unpaired) electrons. The van der Waals surface area contributed by atoms with Crippen molar-refractivity contribution in [3.05, 3.63) is 58.0 Å². The fourth-order valence-electron chi connectivity index (χ4n) is 6.10. The Balaban J connectivity index is 1.25. The Bertz CT molecular complexity index is 1960. The third-order valence-electron chi connectivity index (χ3n) is 8.64. The van der Waals surface area contributed by atoms with Crippen LogP contribution in [-0.4, -0.2) is 64.3 Å². The van der Waals surface area contributed by atoms with Crippen LogP contribution in [0.4, 0.5) is 5.82 Å². The minimum Gasteiger partial charge on any atom is -0.314 e. The number of ketones is 1. The number of carbonyl (C=O) groups excluding carboxylic acids is 3. The van der Waals surface area contributed by atoms with Crippen LogP contribution in [0, 0.1) is 31.1 Å². The maximum Gasteiger partial charge on any atom is 0.248 e. The number of Topliss-reactive ketones (excluding diaryl/α,β-unsaturated/α-hetero) is 1. The van der Waals surface area contributed by atoms with Gasteiger partial charge in [0, 0.05) is 36.2 Å². The standard InChI is InChI=1S/C32H29BrN8O3/c1-16-5-8-25(33)37-30(16)38-31(44)23-12-32(4)10-9-24(32)41(23)26(43)15-40-29-21(27(39-40)17(2)42)11-22(36-28(29)19-6-7-19)20-13-34-18(3)35-14-20/h5,8,11,13-14,19,23-24H,6-7,12,15H2,1-4H3,(H,37,38,44)/t23-,24+,32+/m0/s1. The van der Waals surface area contributed by atoms with Gasteiger partial charge in [-0.05, 0) is 73.7 Å². The molecule has 2 fully saturated rings. The van der Waals surface area contributed by atoms with E-state index in [0.29, 0.717) is 39.3 Å². The molecule has 1 N–H and O–H groups in total. The molecule has 44 heavy (non-hydrogen) atoms. The van der Waals surface area contributed by atoms with Gasteiger partial charge in [-0.15, -0.1) is 0 Å². The summed E-state index contributed by atoms with van der Waals surface area (Å²) in [7, 11) is 0.